The van der Waals surface area contributed by atoms with Crippen LogP contribution in [-0.2, 0) is 0 Å². The van der Waals surface area contributed by atoms with Crippen molar-refractivity contribution in [3.8, 4) is 0 Å². The quantitative estimate of drug-likeness (QED) is 0.381. The number of pyridine rings is 1. The molecule has 0 aliphatic rings. The molecule has 0 amide bonds. The van der Waals surface area contributed by atoms with Gasteiger partial charge in [-0.1, -0.05) is 16.8 Å². The summed E-state index contributed by atoms with van der Waals surface area (Å²) in [5.41, 5.74) is 0.603. The monoisotopic (exact) mass is 156 g/mol. The molecule has 1 aromatic rings. The molecule has 3 nitrogen and oxygen atoms in total. The molecular weight excluding hydrogens is 152 g/mol. The maximum atomic E-state index is 8.13. The third-order valence-electron chi connectivity index (χ3n) is 0.993. The summed E-state index contributed by atoms with van der Waals surface area (Å²) in [5, 5.41) is 11.5. The molecule has 0 atom stereocenters. The Morgan fingerprint density at radius 1 is 1.70 bits per heavy atom. The lowest BCUT2D eigenvalue weighted by atomic mass is 10.3. The number of rotatable bonds is 1. The molecule has 0 bridgehead atoms. The van der Waals surface area contributed by atoms with Gasteiger partial charge in [0, 0.05) is 18.0 Å². The molecule has 1 rings (SSSR count). The highest BCUT2D eigenvalue weighted by Crippen LogP contribution is 2.10. The van der Waals surface area contributed by atoms with E-state index in [1.54, 1.807) is 12.3 Å². The van der Waals surface area contributed by atoms with Crippen LogP contribution in [0.2, 0.25) is 5.02 Å². The molecule has 0 fully saturated rings. The third kappa shape index (κ3) is 1.45. The second-order valence-electron chi connectivity index (χ2n) is 1.64. The first-order valence-corrected chi connectivity index (χ1v) is 2.99. The molecule has 1 N–H and O–H groups in total. The Bertz CT molecular complexity index is 249. The molecule has 4 heteroatoms. The Hall–Kier alpha value is -1.09. The maximum Gasteiger partial charge on any atom is 0.0764 e. The summed E-state index contributed by atoms with van der Waals surface area (Å²) < 4.78 is 0. The Morgan fingerprint density at radius 3 is 3.10 bits per heavy atom. The van der Waals surface area contributed by atoms with Gasteiger partial charge in [0.15, 0.2) is 0 Å². The van der Waals surface area contributed by atoms with Gasteiger partial charge in [-0.25, -0.2) is 0 Å². The first-order valence-electron chi connectivity index (χ1n) is 2.61. The van der Waals surface area contributed by atoms with Gasteiger partial charge >= 0.3 is 0 Å². The van der Waals surface area contributed by atoms with Crippen LogP contribution < -0.4 is 0 Å². The summed E-state index contributed by atoms with van der Waals surface area (Å²) in [6.45, 7) is 0. The fraction of sp³-hybridized carbons (Fsp3) is 0. The average molecular weight is 157 g/mol. The largest absolute Gasteiger partial charge is 0.411 e. The number of nitrogens with zero attached hydrogens (tertiary/aromatic N) is 2. The number of oxime groups is 1. The number of hydrogen-bond acceptors (Lipinski definition) is 3. The van der Waals surface area contributed by atoms with Crippen LogP contribution in [0.5, 0.6) is 0 Å². The van der Waals surface area contributed by atoms with Crippen LogP contribution in [0.3, 0.4) is 0 Å². The van der Waals surface area contributed by atoms with Crippen LogP contribution in [0.1, 0.15) is 5.56 Å². The van der Waals surface area contributed by atoms with Crippen LogP contribution in [0.25, 0.3) is 0 Å². The fourth-order valence-electron chi connectivity index (χ4n) is 0.547. The van der Waals surface area contributed by atoms with Gasteiger partial charge in [0.1, 0.15) is 0 Å². The van der Waals surface area contributed by atoms with E-state index in [0.717, 1.165) is 0 Å². The van der Waals surface area contributed by atoms with Gasteiger partial charge in [-0.2, -0.15) is 0 Å². The highest BCUT2D eigenvalue weighted by molar-refractivity contribution is 6.32. The molecule has 0 saturated heterocycles. The summed E-state index contributed by atoms with van der Waals surface area (Å²) >= 11 is 5.66. The Labute approximate surface area is 63.0 Å². The topological polar surface area (TPSA) is 45.5 Å². The lowest BCUT2D eigenvalue weighted by Crippen LogP contribution is -1.83. The van der Waals surface area contributed by atoms with E-state index in [-0.39, 0.29) is 0 Å². The van der Waals surface area contributed by atoms with Gasteiger partial charge in [0.2, 0.25) is 0 Å². The van der Waals surface area contributed by atoms with Gasteiger partial charge in [-0.15, -0.1) is 0 Å². The van der Waals surface area contributed by atoms with Crippen molar-refractivity contribution in [2.45, 2.75) is 0 Å². The van der Waals surface area contributed by atoms with Gasteiger partial charge < -0.3 is 5.21 Å². The van der Waals surface area contributed by atoms with Crippen molar-refractivity contribution in [2.75, 3.05) is 0 Å². The molecule has 0 aliphatic heterocycles. The van der Waals surface area contributed by atoms with Crippen molar-refractivity contribution in [1.82, 2.24) is 4.98 Å². The summed E-state index contributed by atoms with van der Waals surface area (Å²) in [4.78, 5) is 3.78. The summed E-state index contributed by atoms with van der Waals surface area (Å²) in [6, 6.07) is 1.62. The predicted molar refractivity (Wildman–Crippen MR) is 38.6 cm³/mol. The van der Waals surface area contributed by atoms with Gasteiger partial charge in [-0.3, -0.25) is 4.98 Å². The highest BCUT2D eigenvalue weighted by Gasteiger charge is 1.93. The predicted octanol–water partition coefficient (Wildman–Crippen LogP) is 1.54. The molecule has 52 valence electrons. The van der Waals surface area contributed by atoms with Crippen molar-refractivity contribution in [3.05, 3.63) is 29.0 Å². The van der Waals surface area contributed by atoms with Gasteiger partial charge in [-0.05, 0) is 6.07 Å². The number of aromatic nitrogens is 1. The SMILES string of the molecule is O/N=C\c1cnccc1Cl. The second kappa shape index (κ2) is 3.17. The molecule has 0 spiro atoms. The van der Waals surface area contributed by atoms with E-state index in [2.05, 4.69) is 10.1 Å². The molecule has 0 radical (unpaired) electrons. The Morgan fingerprint density at radius 2 is 2.50 bits per heavy atom. The molecular formula is C6H5ClN2O. The summed E-state index contributed by atoms with van der Waals surface area (Å²) in [6.07, 6.45) is 4.31. The van der Waals surface area contributed by atoms with E-state index in [4.69, 9.17) is 16.8 Å². The van der Waals surface area contributed by atoms with E-state index < -0.39 is 0 Å². The van der Waals surface area contributed by atoms with Crippen LogP contribution in [0, 0.1) is 0 Å². The number of halogens is 1. The summed E-state index contributed by atoms with van der Waals surface area (Å²) in [7, 11) is 0. The van der Waals surface area contributed by atoms with Crippen molar-refractivity contribution >= 4 is 17.8 Å². The van der Waals surface area contributed by atoms with Crippen molar-refractivity contribution in [2.24, 2.45) is 5.16 Å². The fourth-order valence-corrected chi connectivity index (χ4v) is 0.701. The molecule has 10 heavy (non-hydrogen) atoms. The lowest BCUT2D eigenvalue weighted by Gasteiger charge is -1.91. The zero-order valence-electron chi connectivity index (χ0n) is 5.03. The first-order chi connectivity index (χ1) is 4.84. The van der Waals surface area contributed by atoms with Crippen LogP contribution >= 0.6 is 11.6 Å². The Kier molecular flexibility index (Phi) is 2.23. The maximum absolute atomic E-state index is 8.13. The third-order valence-corrected chi connectivity index (χ3v) is 1.34. The standard InChI is InChI=1S/C6H5ClN2O/c7-6-1-2-8-3-5(6)4-9-10/h1-4,10H/b9-4-. The highest BCUT2D eigenvalue weighted by atomic mass is 35.5. The molecule has 0 aliphatic carbocycles. The van der Waals surface area contributed by atoms with Crippen LogP contribution in [0.4, 0.5) is 0 Å². The lowest BCUT2D eigenvalue weighted by molar-refractivity contribution is 0.322. The van der Waals surface area contributed by atoms with E-state index >= 15 is 0 Å². The average Bonchev–Trinajstić information content (AvgIpc) is 1.94. The summed E-state index contributed by atoms with van der Waals surface area (Å²) in [5.74, 6) is 0. The Balaban J connectivity index is 3.03. The normalized spacial score (nSPS) is 10.5. The van der Waals surface area contributed by atoms with E-state index in [1.165, 1.54) is 12.4 Å². The minimum Gasteiger partial charge on any atom is -0.411 e. The van der Waals surface area contributed by atoms with Gasteiger partial charge in [0.25, 0.3) is 0 Å². The van der Waals surface area contributed by atoms with Crippen molar-refractivity contribution in [3.63, 3.8) is 0 Å². The zero-order valence-corrected chi connectivity index (χ0v) is 5.78. The van der Waals surface area contributed by atoms with Gasteiger partial charge in [0.05, 0.1) is 11.2 Å². The second-order valence-corrected chi connectivity index (χ2v) is 2.05. The van der Waals surface area contributed by atoms with Crippen LogP contribution in [-0.4, -0.2) is 16.4 Å². The first kappa shape index (κ1) is 7.02. The van der Waals surface area contributed by atoms with Crippen molar-refractivity contribution < 1.29 is 5.21 Å². The van der Waals surface area contributed by atoms with Crippen molar-refractivity contribution in [1.29, 1.82) is 0 Å². The minimum atomic E-state index is 0.521. The molecule has 0 aromatic carbocycles. The minimum absolute atomic E-state index is 0.521. The molecule has 1 aromatic heterocycles. The molecule has 0 saturated carbocycles. The number of hydrogen-bond donors (Lipinski definition) is 1. The van der Waals surface area contributed by atoms with E-state index in [1.807, 2.05) is 0 Å². The zero-order chi connectivity index (χ0) is 7.40. The van der Waals surface area contributed by atoms with E-state index in [9.17, 15) is 0 Å². The van der Waals surface area contributed by atoms with Crippen LogP contribution in [0.15, 0.2) is 23.6 Å². The molecule has 0 unspecified atom stereocenters. The smallest absolute Gasteiger partial charge is 0.0764 e. The van der Waals surface area contributed by atoms with E-state index in [0.29, 0.717) is 10.6 Å². The molecule has 1 heterocycles.